The van der Waals surface area contributed by atoms with E-state index in [0.717, 1.165) is 15.9 Å². The molecule has 15 heavy (non-hydrogen) atoms. The van der Waals surface area contributed by atoms with E-state index in [2.05, 4.69) is 37.0 Å². The lowest BCUT2D eigenvalue weighted by atomic mass is 9.93. The van der Waals surface area contributed by atoms with Crippen LogP contribution < -0.4 is 0 Å². The number of fused-ring (bicyclic) bond motifs is 1. The van der Waals surface area contributed by atoms with Crippen LogP contribution in [0.25, 0.3) is 10.9 Å². The van der Waals surface area contributed by atoms with E-state index in [0.29, 0.717) is 5.92 Å². The third-order valence-corrected chi connectivity index (χ3v) is 3.43. The van der Waals surface area contributed by atoms with Gasteiger partial charge in [-0.15, -0.1) is 0 Å². The Bertz CT molecular complexity index is 455. The molecule has 2 aromatic rings. The largest absolute Gasteiger partial charge is 0.360 e. The van der Waals surface area contributed by atoms with Crippen molar-refractivity contribution < 1.29 is 0 Å². The quantitative estimate of drug-likeness (QED) is 0.772. The zero-order valence-corrected chi connectivity index (χ0v) is 9.93. The van der Waals surface area contributed by atoms with Gasteiger partial charge in [0.2, 0.25) is 0 Å². The third kappa shape index (κ3) is 1.89. The zero-order chi connectivity index (χ0) is 10.8. The Balaban J connectivity index is 2.49. The van der Waals surface area contributed by atoms with E-state index in [1.165, 1.54) is 18.4 Å². The van der Waals surface area contributed by atoms with Crippen molar-refractivity contribution >= 4 is 22.5 Å². The second kappa shape index (κ2) is 4.28. The van der Waals surface area contributed by atoms with Gasteiger partial charge in [0.1, 0.15) is 0 Å². The maximum absolute atomic E-state index is 6.10. The van der Waals surface area contributed by atoms with Gasteiger partial charge >= 0.3 is 0 Å². The van der Waals surface area contributed by atoms with Crippen LogP contribution in [0.5, 0.6) is 0 Å². The molecule has 1 nitrogen and oxygen atoms in total. The topological polar surface area (TPSA) is 15.8 Å². The van der Waals surface area contributed by atoms with Gasteiger partial charge in [0, 0.05) is 17.1 Å². The zero-order valence-electron chi connectivity index (χ0n) is 9.18. The standard InChI is InChI=1S/C13H16ClN/c1-3-9(4-2)10-5-6-13-11(7-10)12(14)8-15-13/h5-9,15H,3-4H2,1-2H3. The van der Waals surface area contributed by atoms with Crippen LogP contribution in [0, 0.1) is 0 Å². The number of nitrogens with one attached hydrogen (secondary N) is 1. The Hall–Kier alpha value is -0.950. The molecule has 0 radical (unpaired) electrons. The molecule has 0 amide bonds. The Morgan fingerprint density at radius 1 is 1.27 bits per heavy atom. The number of rotatable bonds is 3. The van der Waals surface area contributed by atoms with Crippen LogP contribution in [0.1, 0.15) is 38.2 Å². The fourth-order valence-corrected chi connectivity index (χ4v) is 2.33. The van der Waals surface area contributed by atoms with Crippen molar-refractivity contribution in [3.05, 3.63) is 35.0 Å². The van der Waals surface area contributed by atoms with Crippen molar-refractivity contribution in [1.82, 2.24) is 4.98 Å². The van der Waals surface area contributed by atoms with Crippen molar-refractivity contribution in [2.45, 2.75) is 32.6 Å². The average Bonchev–Trinajstić information content (AvgIpc) is 2.62. The molecule has 1 aromatic heterocycles. The number of halogens is 1. The first-order valence-corrected chi connectivity index (χ1v) is 5.90. The summed E-state index contributed by atoms with van der Waals surface area (Å²) < 4.78 is 0. The Morgan fingerprint density at radius 2 is 2.00 bits per heavy atom. The number of aromatic amines is 1. The van der Waals surface area contributed by atoms with Crippen LogP contribution in [-0.2, 0) is 0 Å². The highest BCUT2D eigenvalue weighted by molar-refractivity contribution is 6.35. The molecule has 0 aliphatic heterocycles. The molecule has 1 aromatic carbocycles. The first-order valence-electron chi connectivity index (χ1n) is 5.52. The summed E-state index contributed by atoms with van der Waals surface area (Å²) in [6.45, 7) is 4.47. The molecule has 0 unspecified atom stereocenters. The predicted molar refractivity (Wildman–Crippen MR) is 66.6 cm³/mol. The van der Waals surface area contributed by atoms with E-state index in [1.54, 1.807) is 0 Å². The van der Waals surface area contributed by atoms with Crippen molar-refractivity contribution in [1.29, 1.82) is 0 Å². The maximum atomic E-state index is 6.10. The van der Waals surface area contributed by atoms with E-state index in [-0.39, 0.29) is 0 Å². The summed E-state index contributed by atoms with van der Waals surface area (Å²) in [5.74, 6) is 0.653. The van der Waals surface area contributed by atoms with Crippen molar-refractivity contribution in [3.63, 3.8) is 0 Å². The van der Waals surface area contributed by atoms with E-state index >= 15 is 0 Å². The second-order valence-electron chi connectivity index (χ2n) is 3.96. The number of hydrogen-bond donors (Lipinski definition) is 1. The van der Waals surface area contributed by atoms with Crippen LogP contribution in [0.3, 0.4) is 0 Å². The van der Waals surface area contributed by atoms with Crippen LogP contribution in [-0.4, -0.2) is 4.98 Å². The molecular weight excluding hydrogens is 206 g/mol. The molecule has 0 fully saturated rings. The molecule has 2 heteroatoms. The van der Waals surface area contributed by atoms with Crippen molar-refractivity contribution in [3.8, 4) is 0 Å². The SMILES string of the molecule is CCC(CC)c1ccc2[nH]cc(Cl)c2c1. The van der Waals surface area contributed by atoms with E-state index in [9.17, 15) is 0 Å². The van der Waals surface area contributed by atoms with Crippen LogP contribution in [0.15, 0.2) is 24.4 Å². The monoisotopic (exact) mass is 221 g/mol. The molecule has 0 aliphatic rings. The highest BCUT2D eigenvalue weighted by atomic mass is 35.5. The minimum absolute atomic E-state index is 0.653. The van der Waals surface area contributed by atoms with Gasteiger partial charge in [-0.3, -0.25) is 0 Å². The van der Waals surface area contributed by atoms with Gasteiger partial charge in [0.05, 0.1) is 5.02 Å². The summed E-state index contributed by atoms with van der Waals surface area (Å²) in [6.07, 6.45) is 4.22. The van der Waals surface area contributed by atoms with E-state index in [1.807, 2.05) is 6.20 Å². The number of hydrogen-bond acceptors (Lipinski definition) is 0. The van der Waals surface area contributed by atoms with Gasteiger partial charge in [0.25, 0.3) is 0 Å². The summed E-state index contributed by atoms with van der Waals surface area (Å²) in [5.41, 5.74) is 2.52. The first kappa shape index (κ1) is 10.6. The molecular formula is C13H16ClN. The summed E-state index contributed by atoms with van der Waals surface area (Å²) in [4.78, 5) is 3.16. The molecule has 0 aliphatic carbocycles. The fraction of sp³-hybridized carbons (Fsp3) is 0.385. The average molecular weight is 222 g/mol. The van der Waals surface area contributed by atoms with E-state index in [4.69, 9.17) is 11.6 Å². The molecule has 0 spiro atoms. The lowest BCUT2D eigenvalue weighted by Gasteiger charge is -2.12. The molecule has 80 valence electrons. The third-order valence-electron chi connectivity index (χ3n) is 3.11. The second-order valence-corrected chi connectivity index (χ2v) is 4.36. The molecule has 0 atom stereocenters. The summed E-state index contributed by atoms with van der Waals surface area (Å²) in [5, 5.41) is 1.96. The highest BCUT2D eigenvalue weighted by Crippen LogP contribution is 2.29. The van der Waals surface area contributed by atoms with Gasteiger partial charge in [0.15, 0.2) is 0 Å². The van der Waals surface area contributed by atoms with Crippen molar-refractivity contribution in [2.75, 3.05) is 0 Å². The Labute approximate surface area is 95.5 Å². The van der Waals surface area contributed by atoms with Gasteiger partial charge in [-0.25, -0.2) is 0 Å². The minimum atomic E-state index is 0.653. The number of benzene rings is 1. The predicted octanol–water partition coefficient (Wildman–Crippen LogP) is 4.72. The fourth-order valence-electron chi connectivity index (χ4n) is 2.12. The lowest BCUT2D eigenvalue weighted by molar-refractivity contribution is 0.643. The van der Waals surface area contributed by atoms with Crippen molar-refractivity contribution in [2.24, 2.45) is 0 Å². The highest BCUT2D eigenvalue weighted by Gasteiger charge is 2.09. The smallest absolute Gasteiger partial charge is 0.0659 e. The molecule has 0 bridgehead atoms. The molecule has 1 heterocycles. The van der Waals surface area contributed by atoms with Crippen LogP contribution in [0.4, 0.5) is 0 Å². The number of H-pyrrole nitrogens is 1. The Morgan fingerprint density at radius 3 is 2.67 bits per heavy atom. The van der Waals surface area contributed by atoms with Gasteiger partial charge in [-0.1, -0.05) is 31.5 Å². The molecule has 1 N–H and O–H groups in total. The summed E-state index contributed by atoms with van der Waals surface area (Å²) in [6, 6.07) is 6.54. The lowest BCUT2D eigenvalue weighted by Crippen LogP contribution is -1.94. The molecule has 2 rings (SSSR count). The Kier molecular flexibility index (Phi) is 3.01. The minimum Gasteiger partial charge on any atom is -0.360 e. The normalized spacial score (nSPS) is 11.5. The number of aromatic nitrogens is 1. The molecule has 0 saturated carbocycles. The van der Waals surface area contributed by atoms with Crippen LogP contribution in [0.2, 0.25) is 5.02 Å². The maximum Gasteiger partial charge on any atom is 0.0659 e. The van der Waals surface area contributed by atoms with E-state index < -0.39 is 0 Å². The first-order chi connectivity index (χ1) is 7.26. The molecule has 0 saturated heterocycles. The van der Waals surface area contributed by atoms with Crippen LogP contribution >= 0.6 is 11.6 Å². The summed E-state index contributed by atoms with van der Waals surface area (Å²) >= 11 is 6.10. The van der Waals surface area contributed by atoms with Gasteiger partial charge in [-0.05, 0) is 36.5 Å². The van der Waals surface area contributed by atoms with Gasteiger partial charge in [-0.2, -0.15) is 0 Å². The van der Waals surface area contributed by atoms with Gasteiger partial charge < -0.3 is 4.98 Å². The summed E-state index contributed by atoms with van der Waals surface area (Å²) in [7, 11) is 0.